The van der Waals surface area contributed by atoms with Gasteiger partial charge in [-0.05, 0) is 55.8 Å². The van der Waals surface area contributed by atoms with E-state index in [9.17, 15) is 9.59 Å². The van der Waals surface area contributed by atoms with E-state index in [0.717, 1.165) is 11.8 Å². The third kappa shape index (κ3) is 2.33. The molecule has 0 heterocycles. The van der Waals surface area contributed by atoms with E-state index in [2.05, 4.69) is 0 Å². The van der Waals surface area contributed by atoms with Crippen LogP contribution >= 0.6 is 0 Å². The predicted molar refractivity (Wildman–Crippen MR) is 75.0 cm³/mol. The summed E-state index contributed by atoms with van der Waals surface area (Å²) >= 11 is 0. The number of hydrogen-bond donors (Lipinski definition) is 1. The van der Waals surface area contributed by atoms with E-state index in [1.54, 1.807) is 18.9 Å². The van der Waals surface area contributed by atoms with Crippen LogP contribution in [0.2, 0.25) is 0 Å². The van der Waals surface area contributed by atoms with Gasteiger partial charge in [0.25, 0.3) is 0 Å². The number of hydrogen-bond acceptors (Lipinski definition) is 2. The first-order chi connectivity index (χ1) is 9.45. The molecule has 4 aliphatic carbocycles. The summed E-state index contributed by atoms with van der Waals surface area (Å²) in [5.41, 5.74) is 0. The Morgan fingerprint density at radius 1 is 1.10 bits per heavy atom. The molecular formula is C16H25NO3. The zero-order valence-corrected chi connectivity index (χ0v) is 12.4. The lowest BCUT2D eigenvalue weighted by Gasteiger charge is -2.54. The highest BCUT2D eigenvalue weighted by Gasteiger charge is 2.51. The van der Waals surface area contributed by atoms with Crippen molar-refractivity contribution < 1.29 is 14.7 Å². The average molecular weight is 279 g/mol. The summed E-state index contributed by atoms with van der Waals surface area (Å²) in [5, 5.41) is 8.99. The molecule has 4 fully saturated rings. The number of rotatable bonds is 4. The minimum Gasteiger partial charge on any atom is -0.481 e. The number of nitrogens with zero attached hydrogens (tertiary/aromatic N) is 1. The molecule has 0 radical (unpaired) electrons. The van der Waals surface area contributed by atoms with E-state index in [4.69, 9.17) is 5.11 Å². The molecule has 0 aliphatic heterocycles. The van der Waals surface area contributed by atoms with Gasteiger partial charge < -0.3 is 10.0 Å². The standard InChI is InChI=1S/C16H25NO3/c1-9(16(19)20)8-17(2)15(18)14-12-4-10-3-11(6-12)7-13(14)5-10/h9-14H,3-8H2,1-2H3,(H,19,20). The SMILES string of the molecule is CC(CN(C)C(=O)C1C2CC3CC(C2)CC1C3)C(=O)O. The largest absolute Gasteiger partial charge is 0.481 e. The molecule has 1 unspecified atom stereocenters. The van der Waals surface area contributed by atoms with Crippen LogP contribution in [0.1, 0.15) is 39.0 Å². The van der Waals surface area contributed by atoms with Gasteiger partial charge in [-0.25, -0.2) is 0 Å². The van der Waals surface area contributed by atoms with Crippen LogP contribution in [0.5, 0.6) is 0 Å². The van der Waals surface area contributed by atoms with Gasteiger partial charge in [0.15, 0.2) is 0 Å². The Morgan fingerprint density at radius 3 is 2.05 bits per heavy atom. The van der Waals surface area contributed by atoms with Gasteiger partial charge in [0, 0.05) is 19.5 Å². The first kappa shape index (κ1) is 13.9. The molecule has 20 heavy (non-hydrogen) atoms. The second kappa shape index (κ2) is 5.05. The predicted octanol–water partition coefficient (Wildman–Crippen LogP) is 2.24. The lowest BCUT2D eigenvalue weighted by molar-refractivity contribution is -0.150. The molecule has 0 aromatic heterocycles. The second-order valence-electron chi connectivity index (χ2n) is 7.41. The topological polar surface area (TPSA) is 57.6 Å². The Hall–Kier alpha value is -1.06. The summed E-state index contributed by atoms with van der Waals surface area (Å²) in [6, 6.07) is 0. The molecule has 1 N–H and O–H groups in total. The molecule has 4 rings (SSSR count). The highest BCUT2D eigenvalue weighted by molar-refractivity contribution is 5.80. The minimum atomic E-state index is -0.824. The van der Waals surface area contributed by atoms with Gasteiger partial charge >= 0.3 is 5.97 Å². The van der Waals surface area contributed by atoms with Gasteiger partial charge in [0.05, 0.1) is 5.92 Å². The summed E-state index contributed by atoms with van der Waals surface area (Å²) in [4.78, 5) is 25.3. The van der Waals surface area contributed by atoms with Crippen LogP contribution in [-0.2, 0) is 9.59 Å². The first-order valence-corrected chi connectivity index (χ1v) is 7.93. The quantitative estimate of drug-likeness (QED) is 0.858. The molecule has 4 aliphatic rings. The third-order valence-electron chi connectivity index (χ3n) is 5.86. The third-order valence-corrected chi connectivity index (χ3v) is 5.86. The van der Waals surface area contributed by atoms with E-state index in [1.807, 2.05) is 0 Å². The van der Waals surface area contributed by atoms with E-state index in [1.165, 1.54) is 32.1 Å². The van der Waals surface area contributed by atoms with Gasteiger partial charge in [-0.15, -0.1) is 0 Å². The smallest absolute Gasteiger partial charge is 0.308 e. The molecule has 4 bridgehead atoms. The Morgan fingerprint density at radius 2 is 1.60 bits per heavy atom. The number of carboxylic acid groups (broad SMARTS) is 1. The van der Waals surface area contributed by atoms with Crippen molar-refractivity contribution in [1.29, 1.82) is 0 Å². The van der Waals surface area contributed by atoms with Gasteiger partial charge in [0.1, 0.15) is 0 Å². The van der Waals surface area contributed by atoms with Crippen molar-refractivity contribution in [3.8, 4) is 0 Å². The highest BCUT2D eigenvalue weighted by atomic mass is 16.4. The maximum atomic E-state index is 12.7. The summed E-state index contributed by atoms with van der Waals surface area (Å²) in [6.07, 6.45) is 6.30. The Labute approximate surface area is 120 Å². The number of carbonyl (C=O) groups is 2. The molecule has 0 aromatic carbocycles. The average Bonchev–Trinajstić information content (AvgIpc) is 2.36. The monoisotopic (exact) mass is 279 g/mol. The van der Waals surface area contributed by atoms with Crippen molar-refractivity contribution in [3.63, 3.8) is 0 Å². The first-order valence-electron chi connectivity index (χ1n) is 7.93. The van der Waals surface area contributed by atoms with Crippen LogP contribution in [0.4, 0.5) is 0 Å². The maximum Gasteiger partial charge on any atom is 0.308 e. The maximum absolute atomic E-state index is 12.7. The van der Waals surface area contributed by atoms with Crippen molar-refractivity contribution in [2.75, 3.05) is 13.6 Å². The molecular weight excluding hydrogens is 254 g/mol. The number of amides is 1. The molecule has 4 nitrogen and oxygen atoms in total. The number of carboxylic acids is 1. The van der Waals surface area contributed by atoms with E-state index in [-0.39, 0.29) is 11.8 Å². The van der Waals surface area contributed by atoms with Crippen molar-refractivity contribution in [2.24, 2.45) is 35.5 Å². The zero-order chi connectivity index (χ0) is 14.4. The number of aliphatic carboxylic acids is 1. The molecule has 1 amide bonds. The highest BCUT2D eigenvalue weighted by Crippen LogP contribution is 2.56. The van der Waals surface area contributed by atoms with Crippen LogP contribution in [0, 0.1) is 35.5 Å². The van der Waals surface area contributed by atoms with Crippen LogP contribution < -0.4 is 0 Å². The molecule has 0 saturated heterocycles. The molecule has 4 heteroatoms. The van der Waals surface area contributed by atoms with Crippen molar-refractivity contribution in [1.82, 2.24) is 4.90 Å². The Bertz CT molecular complexity index is 392. The van der Waals surface area contributed by atoms with Crippen molar-refractivity contribution in [3.05, 3.63) is 0 Å². The van der Waals surface area contributed by atoms with Crippen molar-refractivity contribution in [2.45, 2.75) is 39.0 Å². The van der Waals surface area contributed by atoms with Crippen molar-refractivity contribution >= 4 is 11.9 Å². The van der Waals surface area contributed by atoms with Crippen LogP contribution in [-0.4, -0.2) is 35.5 Å². The summed E-state index contributed by atoms with van der Waals surface area (Å²) in [7, 11) is 1.77. The van der Waals surface area contributed by atoms with E-state index in [0.29, 0.717) is 18.4 Å². The minimum absolute atomic E-state index is 0.175. The van der Waals surface area contributed by atoms with Gasteiger partial charge in [-0.2, -0.15) is 0 Å². The molecule has 1 atom stereocenters. The van der Waals surface area contributed by atoms with Gasteiger partial charge in [0.2, 0.25) is 5.91 Å². The summed E-state index contributed by atoms with van der Waals surface area (Å²) < 4.78 is 0. The Balaban J connectivity index is 1.66. The Kier molecular flexibility index (Phi) is 3.51. The zero-order valence-electron chi connectivity index (χ0n) is 12.4. The molecule has 112 valence electrons. The van der Waals surface area contributed by atoms with Crippen LogP contribution in [0.25, 0.3) is 0 Å². The summed E-state index contributed by atoms with van der Waals surface area (Å²) in [6.45, 7) is 2.00. The number of carbonyl (C=O) groups excluding carboxylic acids is 1. The van der Waals surface area contributed by atoms with E-state index >= 15 is 0 Å². The van der Waals surface area contributed by atoms with Gasteiger partial charge in [-0.3, -0.25) is 9.59 Å². The lowest BCUT2D eigenvalue weighted by atomic mass is 9.51. The fraction of sp³-hybridized carbons (Fsp3) is 0.875. The van der Waals surface area contributed by atoms with E-state index < -0.39 is 11.9 Å². The molecule has 0 spiro atoms. The normalized spacial score (nSPS) is 39.6. The summed E-state index contributed by atoms with van der Waals surface area (Å²) in [5.74, 6) is 1.94. The fourth-order valence-electron chi connectivity index (χ4n) is 5.16. The second-order valence-corrected chi connectivity index (χ2v) is 7.41. The lowest BCUT2D eigenvalue weighted by Crippen LogP contribution is -2.51. The van der Waals surface area contributed by atoms with Crippen LogP contribution in [0.3, 0.4) is 0 Å². The van der Waals surface area contributed by atoms with Crippen LogP contribution in [0.15, 0.2) is 0 Å². The molecule has 4 saturated carbocycles. The fourth-order valence-corrected chi connectivity index (χ4v) is 5.16. The van der Waals surface area contributed by atoms with Gasteiger partial charge in [-0.1, -0.05) is 6.92 Å². The molecule has 0 aromatic rings.